The average molecular weight is 563 g/mol. The van der Waals surface area contributed by atoms with E-state index in [9.17, 15) is 10.1 Å². The lowest BCUT2D eigenvalue weighted by Gasteiger charge is -2.26. The van der Waals surface area contributed by atoms with Crippen LogP contribution in [0.4, 0.5) is 16.4 Å². The molecule has 8 nitrogen and oxygen atoms in total. The summed E-state index contributed by atoms with van der Waals surface area (Å²) in [4.78, 5) is 29.8. The maximum Gasteiger partial charge on any atom is 0.421 e. The zero-order valence-electron chi connectivity index (χ0n) is 23.8. The largest absolute Gasteiger partial charge is 0.443 e. The monoisotopic (exact) mass is 562 g/mol. The van der Waals surface area contributed by atoms with Gasteiger partial charge in [0.15, 0.2) is 0 Å². The first kappa shape index (κ1) is 27.9. The van der Waals surface area contributed by atoms with E-state index in [1.807, 2.05) is 56.8 Å². The highest BCUT2D eigenvalue weighted by molar-refractivity contribution is 7.99. The van der Waals surface area contributed by atoms with Gasteiger partial charge in [-0.25, -0.2) is 19.7 Å². The molecule has 0 N–H and O–H groups in total. The molecule has 5 aromatic rings. The summed E-state index contributed by atoms with van der Waals surface area (Å²) in [6.07, 6.45) is 4.91. The lowest BCUT2D eigenvalue weighted by Crippen LogP contribution is -2.34. The molecule has 1 amide bonds. The van der Waals surface area contributed by atoms with Crippen LogP contribution in [0.3, 0.4) is 0 Å². The molecule has 0 unspecified atom stereocenters. The first-order valence-electron chi connectivity index (χ1n) is 13.1. The molecule has 0 fully saturated rings. The lowest BCUT2D eigenvalue weighted by molar-refractivity contribution is 0.0597. The number of aromatic nitrogens is 4. The zero-order valence-corrected chi connectivity index (χ0v) is 24.7. The number of anilines is 2. The van der Waals surface area contributed by atoms with Crippen molar-refractivity contribution in [2.45, 2.75) is 50.1 Å². The number of nitrogens with zero attached hydrogens (tertiary/aromatic N) is 6. The van der Waals surface area contributed by atoms with E-state index in [1.165, 1.54) is 4.90 Å². The molecule has 0 saturated carbocycles. The summed E-state index contributed by atoms with van der Waals surface area (Å²) < 4.78 is 7.74. The molecule has 3 heterocycles. The second-order valence-corrected chi connectivity index (χ2v) is 11.7. The Hall–Kier alpha value is -4.68. The third-order valence-electron chi connectivity index (χ3n) is 6.38. The predicted molar refractivity (Wildman–Crippen MR) is 161 cm³/mol. The van der Waals surface area contributed by atoms with Gasteiger partial charge in [-0.15, -0.1) is 0 Å². The number of hydrogen-bond donors (Lipinski definition) is 0. The first-order chi connectivity index (χ1) is 19.5. The summed E-state index contributed by atoms with van der Waals surface area (Å²) in [5.41, 5.74) is 6.25. The SMILES string of the molecule is Cc1cc(-c2ccncc2)cc(C)c1Sc1nc(N(C(=O)OC(C)(C)C)c2ccc(C#N)cc2)nc2ccn(C)c12. The van der Waals surface area contributed by atoms with Gasteiger partial charge in [0.05, 0.1) is 28.4 Å². The second kappa shape index (κ2) is 11.1. The van der Waals surface area contributed by atoms with Crippen molar-refractivity contribution in [2.24, 2.45) is 7.05 Å². The summed E-state index contributed by atoms with van der Waals surface area (Å²) in [7, 11) is 1.95. The van der Waals surface area contributed by atoms with Crippen LogP contribution in [0.15, 0.2) is 83.1 Å². The maximum absolute atomic E-state index is 13.5. The molecule has 3 aromatic heterocycles. The van der Waals surface area contributed by atoms with Crippen LogP contribution in [0, 0.1) is 25.2 Å². The fourth-order valence-corrected chi connectivity index (χ4v) is 5.63. The molecule has 0 aliphatic heterocycles. The number of pyridine rings is 1. The van der Waals surface area contributed by atoms with E-state index in [1.54, 1.807) is 48.4 Å². The third-order valence-corrected chi connectivity index (χ3v) is 7.71. The zero-order chi connectivity index (χ0) is 29.3. The highest BCUT2D eigenvalue weighted by Crippen LogP contribution is 2.39. The number of benzene rings is 2. The van der Waals surface area contributed by atoms with Crippen LogP contribution in [0.25, 0.3) is 22.2 Å². The molecule has 5 rings (SSSR count). The summed E-state index contributed by atoms with van der Waals surface area (Å²) in [5.74, 6) is 0.189. The van der Waals surface area contributed by atoms with Gasteiger partial charge in [-0.3, -0.25) is 4.98 Å². The van der Waals surface area contributed by atoms with Crippen molar-refractivity contribution in [3.8, 4) is 17.2 Å². The average Bonchev–Trinajstić information content (AvgIpc) is 3.31. The van der Waals surface area contributed by atoms with E-state index in [2.05, 4.69) is 37.0 Å². The Morgan fingerprint density at radius 1 is 0.976 bits per heavy atom. The Labute approximate surface area is 243 Å². The highest BCUT2D eigenvalue weighted by Gasteiger charge is 2.28. The Morgan fingerprint density at radius 2 is 1.63 bits per heavy atom. The summed E-state index contributed by atoms with van der Waals surface area (Å²) >= 11 is 1.54. The van der Waals surface area contributed by atoms with Crippen molar-refractivity contribution < 1.29 is 9.53 Å². The molecular formula is C32H30N6O2S. The Balaban J connectivity index is 1.63. The van der Waals surface area contributed by atoms with Crippen LogP contribution in [0.5, 0.6) is 0 Å². The molecule has 0 aliphatic carbocycles. The fourth-order valence-electron chi connectivity index (χ4n) is 4.53. The van der Waals surface area contributed by atoms with Crippen molar-refractivity contribution in [3.05, 3.63) is 89.9 Å². The van der Waals surface area contributed by atoms with Gasteiger partial charge in [-0.05, 0) is 99.3 Å². The molecule has 0 aliphatic rings. The predicted octanol–water partition coefficient (Wildman–Crippen LogP) is 7.74. The molecule has 9 heteroatoms. The normalized spacial score (nSPS) is 11.3. The van der Waals surface area contributed by atoms with E-state index in [0.717, 1.165) is 32.7 Å². The Bertz CT molecular complexity index is 1760. The molecule has 0 spiro atoms. The van der Waals surface area contributed by atoms with Crippen molar-refractivity contribution >= 4 is 40.5 Å². The minimum atomic E-state index is -0.735. The minimum absolute atomic E-state index is 0.189. The van der Waals surface area contributed by atoms with Gasteiger partial charge >= 0.3 is 6.09 Å². The molecule has 0 radical (unpaired) electrons. The quantitative estimate of drug-likeness (QED) is 0.202. The van der Waals surface area contributed by atoms with Crippen LogP contribution in [0.2, 0.25) is 0 Å². The van der Waals surface area contributed by atoms with Crippen molar-refractivity contribution in [1.29, 1.82) is 5.26 Å². The van der Waals surface area contributed by atoms with E-state index in [4.69, 9.17) is 14.7 Å². The number of carbonyl (C=O) groups excluding carboxylic acids is 1. The Morgan fingerprint density at radius 3 is 2.24 bits per heavy atom. The molecule has 0 saturated heterocycles. The molecule has 206 valence electrons. The number of hydrogen-bond acceptors (Lipinski definition) is 7. The van der Waals surface area contributed by atoms with Gasteiger partial charge < -0.3 is 9.30 Å². The van der Waals surface area contributed by atoms with Crippen LogP contribution in [-0.4, -0.2) is 31.2 Å². The van der Waals surface area contributed by atoms with E-state index >= 15 is 0 Å². The summed E-state index contributed by atoms with van der Waals surface area (Å²) in [6.45, 7) is 9.62. The number of nitriles is 1. The first-order valence-corrected chi connectivity index (χ1v) is 13.9. The number of amides is 1. The molecular weight excluding hydrogens is 532 g/mol. The van der Waals surface area contributed by atoms with Gasteiger partial charge in [0.25, 0.3) is 0 Å². The minimum Gasteiger partial charge on any atom is -0.443 e. The standard InChI is InChI=1S/C32H30N6O2S/c1-20-17-24(23-11-14-34-15-12-23)18-21(2)28(20)41-29-27-26(13-16-37(27)6)35-30(36-29)38(31(39)40-32(3,4)5)25-9-7-22(19-33)8-10-25/h7-18H,1-6H3. The highest BCUT2D eigenvalue weighted by atomic mass is 32.2. The van der Waals surface area contributed by atoms with Gasteiger partial charge in [-0.2, -0.15) is 5.26 Å². The van der Waals surface area contributed by atoms with Gasteiger partial charge in [0, 0.05) is 30.5 Å². The smallest absolute Gasteiger partial charge is 0.421 e. The Kier molecular flexibility index (Phi) is 7.52. The van der Waals surface area contributed by atoms with Crippen molar-refractivity contribution in [3.63, 3.8) is 0 Å². The van der Waals surface area contributed by atoms with E-state index in [-0.39, 0.29) is 5.95 Å². The van der Waals surface area contributed by atoms with Crippen LogP contribution in [-0.2, 0) is 11.8 Å². The van der Waals surface area contributed by atoms with Crippen molar-refractivity contribution in [1.82, 2.24) is 19.5 Å². The summed E-state index contributed by atoms with van der Waals surface area (Å²) in [6, 6.07) is 19.0. The van der Waals surface area contributed by atoms with Gasteiger partial charge in [0.1, 0.15) is 10.6 Å². The lowest BCUT2D eigenvalue weighted by atomic mass is 10.0. The molecule has 2 aromatic carbocycles. The van der Waals surface area contributed by atoms with Crippen molar-refractivity contribution in [2.75, 3.05) is 4.90 Å². The van der Waals surface area contributed by atoms with Crippen LogP contribution < -0.4 is 4.90 Å². The third kappa shape index (κ3) is 5.93. The summed E-state index contributed by atoms with van der Waals surface area (Å²) in [5, 5.41) is 9.99. The van der Waals surface area contributed by atoms with Gasteiger partial charge in [0.2, 0.25) is 5.95 Å². The number of fused-ring (bicyclic) bond motifs is 1. The molecule has 0 bridgehead atoms. The molecule has 41 heavy (non-hydrogen) atoms. The van der Waals surface area contributed by atoms with Gasteiger partial charge in [-0.1, -0.05) is 23.9 Å². The van der Waals surface area contributed by atoms with Crippen LogP contribution in [0.1, 0.15) is 37.5 Å². The van der Waals surface area contributed by atoms with E-state index in [0.29, 0.717) is 21.8 Å². The number of carbonyl (C=O) groups is 1. The number of ether oxygens (including phenoxy) is 1. The second-order valence-electron chi connectivity index (χ2n) is 10.7. The number of rotatable bonds is 5. The fraction of sp³-hybridized carbons (Fsp3) is 0.219. The molecule has 0 atom stereocenters. The topological polar surface area (TPSA) is 96.9 Å². The van der Waals surface area contributed by atoms with E-state index < -0.39 is 11.7 Å². The number of aryl methyl sites for hydroxylation is 3. The van der Waals surface area contributed by atoms with Crippen LogP contribution >= 0.6 is 11.8 Å². The maximum atomic E-state index is 13.5.